The smallest absolute Gasteiger partial charge is 0.0991 e. The Morgan fingerprint density at radius 3 is 1.76 bits per heavy atom. The molecule has 0 saturated heterocycles. The minimum atomic E-state index is 0.656. The van der Waals surface area contributed by atoms with Crippen molar-refractivity contribution in [2.75, 3.05) is 0 Å². The highest BCUT2D eigenvalue weighted by atomic mass is 15.0. The maximum absolute atomic E-state index is 9.38. The number of nitrogens with zero attached hydrogens (tertiary/aromatic N) is 3. The summed E-state index contributed by atoms with van der Waals surface area (Å²) in [6, 6.07) is 60.3. The highest BCUT2D eigenvalue weighted by Gasteiger charge is 2.17. The van der Waals surface area contributed by atoms with Crippen LogP contribution in [0.1, 0.15) is 5.56 Å². The van der Waals surface area contributed by atoms with Gasteiger partial charge in [-0.15, -0.1) is 0 Å². The Balaban J connectivity index is 1.25. The zero-order valence-electron chi connectivity index (χ0n) is 24.9. The molecule has 0 atom stereocenters. The normalized spacial score (nSPS) is 11.5. The Kier molecular flexibility index (Phi) is 5.88. The van der Waals surface area contributed by atoms with E-state index < -0.39 is 0 Å². The van der Waals surface area contributed by atoms with E-state index in [9.17, 15) is 5.26 Å². The molecule has 0 radical (unpaired) electrons. The van der Waals surface area contributed by atoms with Gasteiger partial charge < -0.3 is 9.13 Å². The zero-order chi connectivity index (χ0) is 30.6. The highest BCUT2D eigenvalue weighted by molar-refractivity contribution is 6.14. The number of hydrogen-bond acceptors (Lipinski definition) is 1. The first-order valence-electron chi connectivity index (χ1n) is 15.5. The summed E-state index contributed by atoms with van der Waals surface area (Å²) in [4.78, 5) is 0. The SMILES string of the molecule is N#Cc1ccc(-n2c3ccccc3c3ccc(-c4cccc(-c5cccc6c7ccccc7n(-c7ccccc7)c56)c4)cc32)cc1. The third-order valence-electron chi connectivity index (χ3n) is 9.14. The van der Waals surface area contributed by atoms with Gasteiger partial charge >= 0.3 is 0 Å². The van der Waals surface area contributed by atoms with Crippen molar-refractivity contribution < 1.29 is 0 Å². The molecule has 0 aliphatic carbocycles. The van der Waals surface area contributed by atoms with Gasteiger partial charge in [-0.2, -0.15) is 5.26 Å². The van der Waals surface area contributed by atoms with Crippen LogP contribution in [0.15, 0.2) is 164 Å². The lowest BCUT2D eigenvalue weighted by Crippen LogP contribution is -1.95. The molecule has 0 saturated carbocycles. The van der Waals surface area contributed by atoms with Crippen LogP contribution in [0, 0.1) is 11.3 Å². The van der Waals surface area contributed by atoms with Crippen molar-refractivity contribution in [2.24, 2.45) is 0 Å². The number of rotatable bonds is 4. The van der Waals surface area contributed by atoms with E-state index in [1.54, 1.807) is 0 Å². The number of aromatic nitrogens is 2. The largest absolute Gasteiger partial charge is 0.309 e. The topological polar surface area (TPSA) is 33.6 Å². The number of para-hydroxylation sites is 4. The third-order valence-corrected chi connectivity index (χ3v) is 9.14. The van der Waals surface area contributed by atoms with E-state index >= 15 is 0 Å². The quantitative estimate of drug-likeness (QED) is 0.202. The lowest BCUT2D eigenvalue weighted by atomic mass is 9.96. The fraction of sp³-hybridized carbons (Fsp3) is 0. The van der Waals surface area contributed by atoms with Gasteiger partial charge in [0, 0.05) is 38.5 Å². The molecule has 0 N–H and O–H groups in total. The van der Waals surface area contributed by atoms with E-state index in [4.69, 9.17) is 0 Å². The molecule has 2 heterocycles. The van der Waals surface area contributed by atoms with Gasteiger partial charge in [-0.25, -0.2) is 0 Å². The van der Waals surface area contributed by atoms with Crippen LogP contribution >= 0.6 is 0 Å². The fourth-order valence-corrected chi connectivity index (χ4v) is 7.08. The molecule has 0 aliphatic heterocycles. The predicted molar refractivity (Wildman–Crippen MR) is 191 cm³/mol. The first kappa shape index (κ1) is 26.1. The standard InChI is InChI=1S/C43H27N3/c44-28-29-20-23-34(24-21-29)45-40-18-6-4-14-36(40)38-25-22-31(27-42(38)45)30-10-8-11-32(26-30)35-16-9-17-39-37-15-5-7-19-41(37)46(43(35)39)33-12-2-1-3-13-33/h1-27H. The van der Waals surface area contributed by atoms with Gasteiger partial charge in [0.25, 0.3) is 0 Å². The van der Waals surface area contributed by atoms with Gasteiger partial charge in [0.2, 0.25) is 0 Å². The summed E-state index contributed by atoms with van der Waals surface area (Å²) in [5.74, 6) is 0. The lowest BCUT2D eigenvalue weighted by Gasteiger charge is -2.13. The molecule has 3 nitrogen and oxygen atoms in total. The maximum Gasteiger partial charge on any atom is 0.0991 e. The van der Waals surface area contributed by atoms with Crippen LogP contribution in [0.3, 0.4) is 0 Å². The van der Waals surface area contributed by atoms with Crippen LogP contribution in [0.5, 0.6) is 0 Å². The van der Waals surface area contributed by atoms with E-state index in [0.717, 1.165) is 33.5 Å². The summed E-state index contributed by atoms with van der Waals surface area (Å²) in [6.45, 7) is 0. The van der Waals surface area contributed by atoms with Crippen LogP contribution in [-0.4, -0.2) is 9.13 Å². The summed E-state index contributed by atoms with van der Waals surface area (Å²) in [5.41, 5.74) is 12.2. The molecule has 0 spiro atoms. The van der Waals surface area contributed by atoms with Crippen LogP contribution in [-0.2, 0) is 0 Å². The van der Waals surface area contributed by atoms with E-state index in [2.05, 4.69) is 155 Å². The fourth-order valence-electron chi connectivity index (χ4n) is 7.08. The second-order valence-corrected chi connectivity index (χ2v) is 11.7. The predicted octanol–water partition coefficient (Wildman–Crippen LogP) is 11.1. The Bertz CT molecular complexity index is 2630. The van der Waals surface area contributed by atoms with E-state index in [1.165, 1.54) is 43.7 Å². The summed E-state index contributed by atoms with van der Waals surface area (Å²) in [5, 5.41) is 14.3. The molecule has 0 bridgehead atoms. The first-order chi connectivity index (χ1) is 22.8. The van der Waals surface area contributed by atoms with Crippen LogP contribution < -0.4 is 0 Å². The van der Waals surface area contributed by atoms with Gasteiger partial charge in [-0.05, 0) is 77.4 Å². The summed E-state index contributed by atoms with van der Waals surface area (Å²) in [6.07, 6.45) is 0. The van der Waals surface area contributed by atoms with Gasteiger partial charge in [-0.1, -0.05) is 103 Å². The molecule has 0 fully saturated rings. The number of fused-ring (bicyclic) bond motifs is 6. The van der Waals surface area contributed by atoms with Crippen molar-refractivity contribution in [3.63, 3.8) is 0 Å². The van der Waals surface area contributed by atoms with Gasteiger partial charge in [0.05, 0.1) is 33.7 Å². The molecule has 9 aromatic rings. The van der Waals surface area contributed by atoms with Gasteiger partial charge in [-0.3, -0.25) is 0 Å². The molecule has 46 heavy (non-hydrogen) atoms. The van der Waals surface area contributed by atoms with Gasteiger partial charge in [0.15, 0.2) is 0 Å². The minimum Gasteiger partial charge on any atom is -0.309 e. The van der Waals surface area contributed by atoms with Crippen LogP contribution in [0.25, 0.3) is 77.2 Å². The molecule has 214 valence electrons. The first-order valence-corrected chi connectivity index (χ1v) is 15.5. The Hall–Kier alpha value is -6.37. The van der Waals surface area contributed by atoms with Crippen LogP contribution in [0.2, 0.25) is 0 Å². The monoisotopic (exact) mass is 585 g/mol. The van der Waals surface area contributed by atoms with Gasteiger partial charge in [0.1, 0.15) is 0 Å². The number of hydrogen-bond donors (Lipinski definition) is 0. The molecule has 3 heteroatoms. The molecule has 7 aromatic carbocycles. The molecule has 2 aromatic heterocycles. The average molecular weight is 586 g/mol. The van der Waals surface area contributed by atoms with E-state index in [0.29, 0.717) is 5.56 Å². The molecule has 9 rings (SSSR count). The Morgan fingerprint density at radius 2 is 0.978 bits per heavy atom. The molecular weight excluding hydrogens is 558 g/mol. The maximum atomic E-state index is 9.38. The van der Waals surface area contributed by atoms with Crippen molar-refractivity contribution in [1.82, 2.24) is 9.13 Å². The molecular formula is C43H27N3. The summed E-state index contributed by atoms with van der Waals surface area (Å²) in [7, 11) is 0. The lowest BCUT2D eigenvalue weighted by molar-refractivity contribution is 1.18. The highest BCUT2D eigenvalue weighted by Crippen LogP contribution is 2.40. The van der Waals surface area contributed by atoms with E-state index in [1.807, 2.05) is 24.3 Å². The van der Waals surface area contributed by atoms with Crippen molar-refractivity contribution in [2.45, 2.75) is 0 Å². The van der Waals surface area contributed by atoms with Crippen molar-refractivity contribution in [1.29, 1.82) is 5.26 Å². The zero-order valence-corrected chi connectivity index (χ0v) is 24.9. The average Bonchev–Trinajstić information content (AvgIpc) is 3.65. The summed E-state index contributed by atoms with van der Waals surface area (Å²) >= 11 is 0. The molecule has 0 aliphatic rings. The third kappa shape index (κ3) is 3.98. The number of benzene rings is 7. The minimum absolute atomic E-state index is 0.656. The molecule has 0 amide bonds. The van der Waals surface area contributed by atoms with E-state index in [-0.39, 0.29) is 0 Å². The summed E-state index contributed by atoms with van der Waals surface area (Å²) < 4.78 is 4.70. The van der Waals surface area contributed by atoms with Crippen molar-refractivity contribution in [3.8, 4) is 39.7 Å². The second-order valence-electron chi connectivity index (χ2n) is 11.7. The van der Waals surface area contributed by atoms with Crippen molar-refractivity contribution in [3.05, 3.63) is 169 Å². The Morgan fingerprint density at radius 1 is 0.391 bits per heavy atom. The number of nitriles is 1. The van der Waals surface area contributed by atoms with Crippen molar-refractivity contribution >= 4 is 43.6 Å². The second kappa shape index (κ2) is 10.4. The molecule has 0 unspecified atom stereocenters. The Labute approximate surface area is 266 Å². The van der Waals surface area contributed by atoms with Crippen LogP contribution in [0.4, 0.5) is 0 Å².